The third kappa shape index (κ3) is 4.20. The highest BCUT2D eigenvalue weighted by Gasteiger charge is 2.29. The number of unbranched alkanes of at least 4 members (excludes halogenated alkanes) is 2. The number of nitrogens with zero attached hydrogens (tertiary/aromatic N) is 4. The number of amides is 3. The van der Waals surface area contributed by atoms with Gasteiger partial charge in [-0.1, -0.05) is 19.8 Å². The molecule has 0 spiro atoms. The molecule has 8 nitrogen and oxygen atoms in total. The van der Waals surface area contributed by atoms with Crippen LogP contribution in [0.1, 0.15) is 44.3 Å². The number of aromatic nitrogens is 4. The van der Waals surface area contributed by atoms with E-state index in [0.29, 0.717) is 12.8 Å². The Hall–Kier alpha value is -2.77. The molecule has 1 aliphatic rings. The van der Waals surface area contributed by atoms with Gasteiger partial charge in [-0.05, 0) is 25.0 Å². The first-order valence-electron chi connectivity index (χ1n) is 8.64. The van der Waals surface area contributed by atoms with Crippen molar-refractivity contribution in [2.45, 2.75) is 51.5 Å². The second-order valence-corrected chi connectivity index (χ2v) is 6.08. The van der Waals surface area contributed by atoms with E-state index in [9.17, 15) is 9.59 Å². The van der Waals surface area contributed by atoms with Crippen LogP contribution in [0, 0.1) is 0 Å². The van der Waals surface area contributed by atoms with Gasteiger partial charge in [0.15, 0.2) is 5.82 Å². The molecule has 0 bridgehead atoms. The average molecular weight is 342 g/mol. The van der Waals surface area contributed by atoms with Crippen molar-refractivity contribution < 1.29 is 9.59 Å². The summed E-state index contributed by atoms with van der Waals surface area (Å²) in [5, 5.41) is 9.47. The van der Waals surface area contributed by atoms with E-state index >= 15 is 0 Å². The van der Waals surface area contributed by atoms with E-state index in [1.165, 1.54) is 0 Å². The SMILES string of the molecule is CCCCCc1nc(CC[C@@H]2NC(=O)NC2=O)n(-c2cccnc2)n1. The molecule has 0 aliphatic carbocycles. The highest BCUT2D eigenvalue weighted by Crippen LogP contribution is 2.14. The van der Waals surface area contributed by atoms with E-state index in [1.807, 2.05) is 12.1 Å². The Balaban J connectivity index is 1.76. The van der Waals surface area contributed by atoms with Gasteiger partial charge in [-0.3, -0.25) is 15.1 Å². The molecule has 2 aromatic rings. The zero-order valence-corrected chi connectivity index (χ0v) is 14.2. The fraction of sp³-hybridized carbons (Fsp3) is 0.471. The molecule has 1 fully saturated rings. The quantitative estimate of drug-likeness (QED) is 0.559. The highest BCUT2D eigenvalue weighted by molar-refractivity contribution is 6.04. The van der Waals surface area contributed by atoms with Crippen LogP contribution < -0.4 is 10.6 Å². The van der Waals surface area contributed by atoms with Gasteiger partial charge < -0.3 is 5.32 Å². The smallest absolute Gasteiger partial charge is 0.322 e. The number of urea groups is 1. The maximum atomic E-state index is 11.7. The van der Waals surface area contributed by atoms with Gasteiger partial charge in [0.25, 0.3) is 5.91 Å². The van der Waals surface area contributed by atoms with Crippen LogP contribution in [0.4, 0.5) is 4.79 Å². The molecule has 3 heterocycles. The molecule has 25 heavy (non-hydrogen) atoms. The Kier molecular flexibility index (Phi) is 5.37. The molecular weight excluding hydrogens is 320 g/mol. The van der Waals surface area contributed by atoms with Crippen molar-refractivity contribution in [1.29, 1.82) is 0 Å². The minimum atomic E-state index is -0.518. The van der Waals surface area contributed by atoms with E-state index in [-0.39, 0.29) is 5.91 Å². The van der Waals surface area contributed by atoms with E-state index < -0.39 is 12.1 Å². The van der Waals surface area contributed by atoms with Gasteiger partial charge in [0.1, 0.15) is 11.9 Å². The Morgan fingerprint density at radius 3 is 2.80 bits per heavy atom. The first-order valence-corrected chi connectivity index (χ1v) is 8.64. The summed E-state index contributed by atoms with van der Waals surface area (Å²) in [4.78, 5) is 31.7. The summed E-state index contributed by atoms with van der Waals surface area (Å²) in [5.41, 5.74) is 0.839. The van der Waals surface area contributed by atoms with E-state index in [4.69, 9.17) is 0 Å². The molecule has 0 saturated carbocycles. The molecule has 2 N–H and O–H groups in total. The van der Waals surface area contributed by atoms with Crippen LogP contribution in [0.3, 0.4) is 0 Å². The molecule has 8 heteroatoms. The second-order valence-electron chi connectivity index (χ2n) is 6.08. The number of hydrogen-bond donors (Lipinski definition) is 2. The van der Waals surface area contributed by atoms with Crippen molar-refractivity contribution in [2.75, 3.05) is 0 Å². The van der Waals surface area contributed by atoms with Crippen molar-refractivity contribution in [3.63, 3.8) is 0 Å². The van der Waals surface area contributed by atoms with E-state index in [0.717, 1.165) is 43.0 Å². The number of carbonyl (C=O) groups excluding carboxylic acids is 2. The topological polar surface area (TPSA) is 102 Å². The summed E-state index contributed by atoms with van der Waals surface area (Å²) in [7, 11) is 0. The fourth-order valence-electron chi connectivity index (χ4n) is 2.81. The lowest BCUT2D eigenvalue weighted by Crippen LogP contribution is -2.29. The van der Waals surface area contributed by atoms with Gasteiger partial charge in [-0.2, -0.15) is 5.10 Å². The summed E-state index contributed by atoms with van der Waals surface area (Å²) in [6.45, 7) is 2.16. The van der Waals surface area contributed by atoms with E-state index in [2.05, 4.69) is 32.6 Å². The normalized spacial score (nSPS) is 16.8. The maximum Gasteiger partial charge on any atom is 0.322 e. The number of aryl methyl sites for hydroxylation is 2. The first kappa shape index (κ1) is 17.1. The van der Waals surface area contributed by atoms with Crippen LogP contribution in [0.2, 0.25) is 0 Å². The molecule has 3 amide bonds. The van der Waals surface area contributed by atoms with Gasteiger partial charge in [0.05, 0.1) is 11.9 Å². The summed E-state index contributed by atoms with van der Waals surface area (Å²) >= 11 is 0. The Labute approximate surface area is 146 Å². The van der Waals surface area contributed by atoms with Gasteiger partial charge in [-0.25, -0.2) is 14.5 Å². The van der Waals surface area contributed by atoms with Crippen LogP contribution in [0.15, 0.2) is 24.5 Å². The second kappa shape index (κ2) is 7.87. The average Bonchev–Trinajstić information content (AvgIpc) is 3.16. The lowest BCUT2D eigenvalue weighted by molar-refractivity contribution is -0.120. The van der Waals surface area contributed by atoms with Gasteiger partial charge in [-0.15, -0.1) is 0 Å². The van der Waals surface area contributed by atoms with Crippen molar-refractivity contribution >= 4 is 11.9 Å². The maximum absolute atomic E-state index is 11.7. The zero-order valence-electron chi connectivity index (χ0n) is 14.2. The third-order valence-corrected chi connectivity index (χ3v) is 4.13. The zero-order chi connectivity index (χ0) is 17.6. The molecule has 1 saturated heterocycles. The molecule has 132 valence electrons. The Morgan fingerprint density at radius 1 is 1.24 bits per heavy atom. The highest BCUT2D eigenvalue weighted by atomic mass is 16.2. The summed E-state index contributed by atoms with van der Waals surface area (Å²) < 4.78 is 1.78. The number of pyridine rings is 1. The third-order valence-electron chi connectivity index (χ3n) is 4.13. The fourth-order valence-corrected chi connectivity index (χ4v) is 2.81. The Morgan fingerprint density at radius 2 is 2.12 bits per heavy atom. The lowest BCUT2D eigenvalue weighted by Gasteiger charge is -2.08. The molecule has 0 aromatic carbocycles. The molecule has 2 aromatic heterocycles. The summed E-state index contributed by atoms with van der Waals surface area (Å²) in [6, 6.07) is 2.81. The van der Waals surface area contributed by atoms with Crippen LogP contribution in [-0.4, -0.2) is 37.7 Å². The van der Waals surface area contributed by atoms with Crippen LogP contribution in [0.5, 0.6) is 0 Å². The molecule has 0 radical (unpaired) electrons. The molecule has 1 aliphatic heterocycles. The molecule has 1 atom stereocenters. The number of hydrogen-bond acceptors (Lipinski definition) is 5. The minimum absolute atomic E-state index is 0.291. The summed E-state index contributed by atoms with van der Waals surface area (Å²) in [5.74, 6) is 1.28. The minimum Gasteiger partial charge on any atom is -0.326 e. The van der Waals surface area contributed by atoms with Gasteiger partial charge in [0.2, 0.25) is 0 Å². The van der Waals surface area contributed by atoms with Crippen molar-refractivity contribution in [3.05, 3.63) is 36.2 Å². The molecule has 0 unspecified atom stereocenters. The van der Waals surface area contributed by atoms with Gasteiger partial charge in [0, 0.05) is 19.0 Å². The van der Waals surface area contributed by atoms with Gasteiger partial charge >= 0.3 is 6.03 Å². The first-order chi connectivity index (χ1) is 12.2. The number of nitrogens with one attached hydrogen (secondary N) is 2. The molecule has 3 rings (SSSR count). The van der Waals surface area contributed by atoms with Crippen LogP contribution in [-0.2, 0) is 17.6 Å². The monoisotopic (exact) mass is 342 g/mol. The molecular formula is C17H22N6O2. The predicted molar refractivity (Wildman–Crippen MR) is 91.2 cm³/mol. The number of carbonyl (C=O) groups is 2. The van der Waals surface area contributed by atoms with E-state index in [1.54, 1.807) is 17.1 Å². The standard InChI is InChI=1S/C17H22N6O2/c1-2-3-4-7-14-20-15(9-8-13-16(24)21-17(25)19-13)23(22-14)12-6-5-10-18-11-12/h5-6,10-11,13H,2-4,7-9H2,1H3,(H2,19,21,24,25)/t13-/m0/s1. The summed E-state index contributed by atoms with van der Waals surface area (Å²) in [6.07, 6.45) is 8.62. The predicted octanol–water partition coefficient (Wildman–Crippen LogP) is 1.54. The lowest BCUT2D eigenvalue weighted by atomic mass is 10.1. The van der Waals surface area contributed by atoms with Crippen molar-refractivity contribution in [3.8, 4) is 5.69 Å². The van der Waals surface area contributed by atoms with Crippen LogP contribution in [0.25, 0.3) is 5.69 Å². The number of rotatable bonds is 8. The number of imide groups is 1. The van der Waals surface area contributed by atoms with Crippen LogP contribution >= 0.6 is 0 Å². The van der Waals surface area contributed by atoms with Crippen molar-refractivity contribution in [1.82, 2.24) is 30.4 Å². The largest absolute Gasteiger partial charge is 0.326 e. The van der Waals surface area contributed by atoms with Crippen molar-refractivity contribution in [2.24, 2.45) is 0 Å². The Bertz CT molecular complexity index is 743.